The van der Waals surface area contributed by atoms with Gasteiger partial charge in [0.05, 0.1) is 16.9 Å². The largest absolute Gasteiger partial charge is 0.397 e. The number of nitrogens with one attached hydrogen (secondary N) is 1. The lowest BCUT2D eigenvalue weighted by atomic mass is 10.2. The highest BCUT2D eigenvalue weighted by Crippen LogP contribution is 2.17. The monoisotopic (exact) mass is 326 g/mol. The fraction of sp³-hybridized carbons (Fsp3) is 0.278. The Morgan fingerprint density at radius 1 is 1.21 bits per heavy atom. The molecule has 0 radical (unpaired) electrons. The van der Waals surface area contributed by atoms with Crippen molar-refractivity contribution in [3.63, 3.8) is 0 Å². The average Bonchev–Trinajstić information content (AvgIpc) is 2.61. The van der Waals surface area contributed by atoms with Gasteiger partial charge in [-0.25, -0.2) is 0 Å². The Bertz CT molecular complexity index is 713. The molecular formula is C18H22N4O2. The molecule has 0 unspecified atom stereocenters. The second-order valence-corrected chi connectivity index (χ2v) is 5.55. The Balaban J connectivity index is 2.05. The van der Waals surface area contributed by atoms with E-state index in [0.29, 0.717) is 23.5 Å². The number of pyridine rings is 1. The molecule has 0 saturated heterocycles. The van der Waals surface area contributed by atoms with E-state index >= 15 is 0 Å². The summed E-state index contributed by atoms with van der Waals surface area (Å²) < 4.78 is 0. The van der Waals surface area contributed by atoms with Gasteiger partial charge in [0, 0.05) is 19.8 Å². The number of hydrogen-bond acceptors (Lipinski definition) is 4. The number of anilines is 2. The van der Waals surface area contributed by atoms with Crippen LogP contribution in [0.5, 0.6) is 0 Å². The van der Waals surface area contributed by atoms with Crippen molar-refractivity contribution < 1.29 is 9.59 Å². The summed E-state index contributed by atoms with van der Waals surface area (Å²) in [6, 6.07) is 10.1. The van der Waals surface area contributed by atoms with Crippen LogP contribution in [0.15, 0.2) is 42.6 Å². The van der Waals surface area contributed by atoms with Crippen molar-refractivity contribution in [3.05, 3.63) is 53.9 Å². The van der Waals surface area contributed by atoms with Crippen molar-refractivity contribution in [2.24, 2.45) is 0 Å². The summed E-state index contributed by atoms with van der Waals surface area (Å²) in [7, 11) is 1.76. The van der Waals surface area contributed by atoms with Crippen LogP contribution >= 0.6 is 0 Å². The minimum absolute atomic E-state index is 0.102. The van der Waals surface area contributed by atoms with E-state index in [1.54, 1.807) is 42.3 Å². The van der Waals surface area contributed by atoms with Gasteiger partial charge in [-0.15, -0.1) is 0 Å². The average molecular weight is 326 g/mol. The summed E-state index contributed by atoms with van der Waals surface area (Å²) >= 11 is 0. The molecule has 0 atom stereocenters. The van der Waals surface area contributed by atoms with Crippen LogP contribution in [-0.4, -0.2) is 35.3 Å². The Morgan fingerprint density at radius 3 is 2.58 bits per heavy atom. The van der Waals surface area contributed by atoms with Crippen LogP contribution in [0, 0.1) is 0 Å². The van der Waals surface area contributed by atoms with Gasteiger partial charge in [0.2, 0.25) is 0 Å². The van der Waals surface area contributed by atoms with Crippen molar-refractivity contribution in [1.82, 2.24) is 9.88 Å². The third kappa shape index (κ3) is 4.32. The first-order chi connectivity index (χ1) is 11.5. The molecule has 1 heterocycles. The molecule has 0 spiro atoms. The molecule has 6 heteroatoms. The first-order valence-electron chi connectivity index (χ1n) is 7.90. The van der Waals surface area contributed by atoms with Gasteiger partial charge < -0.3 is 16.0 Å². The molecule has 1 aromatic carbocycles. The number of carbonyl (C=O) groups excluding carboxylic acids is 2. The summed E-state index contributed by atoms with van der Waals surface area (Å²) in [5.74, 6) is -0.471. The summed E-state index contributed by atoms with van der Waals surface area (Å²) in [4.78, 5) is 30.2. The predicted molar refractivity (Wildman–Crippen MR) is 94.9 cm³/mol. The van der Waals surface area contributed by atoms with E-state index in [1.807, 2.05) is 0 Å². The number of para-hydroxylation sites is 2. The highest BCUT2D eigenvalue weighted by molar-refractivity contribution is 6.04. The zero-order valence-electron chi connectivity index (χ0n) is 14.0. The lowest BCUT2D eigenvalue weighted by molar-refractivity contribution is 0.0792. The van der Waals surface area contributed by atoms with Crippen LogP contribution in [0.25, 0.3) is 0 Å². The quantitative estimate of drug-likeness (QED) is 0.799. The highest BCUT2D eigenvalue weighted by Gasteiger charge is 2.14. The number of benzene rings is 1. The van der Waals surface area contributed by atoms with Crippen LogP contribution in [0.4, 0.5) is 11.4 Å². The third-order valence-electron chi connectivity index (χ3n) is 3.65. The van der Waals surface area contributed by atoms with Gasteiger partial charge in [-0.2, -0.15) is 0 Å². The molecule has 24 heavy (non-hydrogen) atoms. The number of amides is 2. The highest BCUT2D eigenvalue weighted by atomic mass is 16.2. The van der Waals surface area contributed by atoms with E-state index in [9.17, 15) is 9.59 Å². The van der Waals surface area contributed by atoms with E-state index in [1.165, 1.54) is 12.3 Å². The Labute approximate surface area is 141 Å². The van der Waals surface area contributed by atoms with Gasteiger partial charge in [-0.3, -0.25) is 14.6 Å². The van der Waals surface area contributed by atoms with E-state index < -0.39 is 0 Å². The topological polar surface area (TPSA) is 88.3 Å². The number of nitrogens with two attached hydrogens (primary N) is 1. The molecule has 2 rings (SSSR count). The molecule has 1 aromatic heterocycles. The minimum atomic E-state index is -0.369. The molecule has 126 valence electrons. The molecule has 3 N–H and O–H groups in total. The number of nitrogen functional groups attached to an aromatic ring is 1. The van der Waals surface area contributed by atoms with Gasteiger partial charge >= 0.3 is 0 Å². The van der Waals surface area contributed by atoms with Crippen LogP contribution in [0.2, 0.25) is 0 Å². The summed E-state index contributed by atoms with van der Waals surface area (Å²) in [6.45, 7) is 2.78. The number of hydrogen-bond donors (Lipinski definition) is 2. The fourth-order valence-corrected chi connectivity index (χ4v) is 2.17. The predicted octanol–water partition coefficient (Wildman–Crippen LogP) is 2.79. The summed E-state index contributed by atoms with van der Waals surface area (Å²) in [5, 5.41) is 2.70. The molecule has 0 bridgehead atoms. The summed E-state index contributed by atoms with van der Waals surface area (Å²) in [6.07, 6.45) is 3.40. The molecule has 2 amide bonds. The Kier molecular flexibility index (Phi) is 5.89. The SMILES string of the molecule is CCCCN(C)C(=O)c1ccc(C(=O)Nc2ccccc2N)nc1. The van der Waals surface area contributed by atoms with Crippen LogP contribution in [0.3, 0.4) is 0 Å². The zero-order valence-corrected chi connectivity index (χ0v) is 14.0. The van der Waals surface area contributed by atoms with Gasteiger partial charge in [0.25, 0.3) is 11.8 Å². The molecule has 0 saturated carbocycles. The second kappa shape index (κ2) is 8.10. The first-order valence-corrected chi connectivity index (χ1v) is 7.90. The fourth-order valence-electron chi connectivity index (χ4n) is 2.17. The van der Waals surface area contributed by atoms with Gasteiger partial charge in [-0.05, 0) is 30.7 Å². The molecule has 0 aliphatic heterocycles. The van der Waals surface area contributed by atoms with E-state index in [4.69, 9.17) is 5.73 Å². The second-order valence-electron chi connectivity index (χ2n) is 5.55. The van der Waals surface area contributed by atoms with Crippen molar-refractivity contribution in [1.29, 1.82) is 0 Å². The number of nitrogens with zero attached hydrogens (tertiary/aromatic N) is 2. The molecule has 0 aliphatic rings. The number of carbonyl (C=O) groups is 2. The smallest absolute Gasteiger partial charge is 0.274 e. The van der Waals surface area contributed by atoms with Crippen LogP contribution in [0.1, 0.15) is 40.6 Å². The maximum Gasteiger partial charge on any atom is 0.274 e. The lowest BCUT2D eigenvalue weighted by Crippen LogP contribution is -2.28. The Hall–Kier alpha value is -2.89. The molecule has 6 nitrogen and oxygen atoms in total. The minimum Gasteiger partial charge on any atom is -0.397 e. The zero-order chi connectivity index (χ0) is 17.5. The normalized spacial score (nSPS) is 10.2. The molecule has 2 aromatic rings. The van der Waals surface area contributed by atoms with Crippen molar-refractivity contribution >= 4 is 23.2 Å². The third-order valence-corrected chi connectivity index (χ3v) is 3.65. The standard InChI is InChI=1S/C18H22N4O2/c1-3-4-11-22(2)18(24)13-9-10-16(20-12-13)17(23)21-15-8-6-5-7-14(15)19/h5-10,12H,3-4,11,19H2,1-2H3,(H,21,23). The van der Waals surface area contributed by atoms with Crippen LogP contribution < -0.4 is 11.1 Å². The first kappa shape index (κ1) is 17.5. The number of rotatable bonds is 6. The van der Waals surface area contributed by atoms with E-state index in [0.717, 1.165) is 12.8 Å². The van der Waals surface area contributed by atoms with Crippen molar-refractivity contribution in [2.75, 3.05) is 24.6 Å². The number of aromatic nitrogens is 1. The van der Waals surface area contributed by atoms with Gasteiger partial charge in [0.1, 0.15) is 5.69 Å². The lowest BCUT2D eigenvalue weighted by Gasteiger charge is -2.16. The molecular weight excluding hydrogens is 304 g/mol. The van der Waals surface area contributed by atoms with Crippen molar-refractivity contribution in [3.8, 4) is 0 Å². The molecule has 0 aliphatic carbocycles. The van der Waals surface area contributed by atoms with E-state index in [-0.39, 0.29) is 17.5 Å². The maximum atomic E-state index is 12.2. The summed E-state index contributed by atoms with van der Waals surface area (Å²) in [5.41, 5.74) is 7.50. The number of unbranched alkanes of at least 4 members (excludes halogenated alkanes) is 1. The Morgan fingerprint density at radius 2 is 1.96 bits per heavy atom. The van der Waals surface area contributed by atoms with Gasteiger partial charge in [-0.1, -0.05) is 25.5 Å². The van der Waals surface area contributed by atoms with E-state index in [2.05, 4.69) is 17.2 Å². The van der Waals surface area contributed by atoms with Crippen LogP contribution in [-0.2, 0) is 0 Å². The van der Waals surface area contributed by atoms with Gasteiger partial charge in [0.15, 0.2) is 0 Å². The van der Waals surface area contributed by atoms with Crippen molar-refractivity contribution in [2.45, 2.75) is 19.8 Å². The molecule has 0 fully saturated rings. The maximum absolute atomic E-state index is 12.2.